The van der Waals surface area contributed by atoms with Gasteiger partial charge in [0, 0.05) is 19.6 Å². The van der Waals surface area contributed by atoms with E-state index in [2.05, 4.69) is 25.4 Å². The van der Waals surface area contributed by atoms with Gasteiger partial charge < -0.3 is 14.6 Å². The van der Waals surface area contributed by atoms with Gasteiger partial charge in [-0.3, -0.25) is 5.10 Å². The quantitative estimate of drug-likeness (QED) is 0.863. The zero-order valence-corrected chi connectivity index (χ0v) is 10.6. The van der Waals surface area contributed by atoms with Crippen molar-refractivity contribution < 1.29 is 4.42 Å². The van der Waals surface area contributed by atoms with E-state index in [1.165, 1.54) is 6.26 Å². The first-order valence-corrected chi connectivity index (χ1v) is 6.34. The Morgan fingerprint density at radius 1 is 1.33 bits per heavy atom. The first kappa shape index (κ1) is 11.6. The molecule has 0 aromatic carbocycles. The first-order chi connectivity index (χ1) is 8.84. The van der Waals surface area contributed by atoms with Gasteiger partial charge in [0.25, 0.3) is 0 Å². The molecule has 96 valence electrons. The number of nitrogens with zero attached hydrogens (tertiary/aromatic N) is 3. The van der Waals surface area contributed by atoms with Crippen molar-refractivity contribution in [2.75, 3.05) is 31.1 Å². The normalized spacial score (nSPS) is 16.8. The molecule has 0 bridgehead atoms. The van der Waals surface area contributed by atoms with E-state index in [9.17, 15) is 0 Å². The maximum Gasteiger partial charge on any atom is 0.245 e. The molecule has 1 saturated heterocycles. The summed E-state index contributed by atoms with van der Waals surface area (Å²) in [5, 5.41) is 10.8. The van der Waals surface area contributed by atoms with Crippen molar-refractivity contribution in [1.82, 2.24) is 20.5 Å². The molecule has 2 N–H and O–H groups in total. The third-order valence-electron chi connectivity index (χ3n) is 2.97. The van der Waals surface area contributed by atoms with Gasteiger partial charge in [0.15, 0.2) is 5.82 Å². The van der Waals surface area contributed by atoms with Crippen molar-refractivity contribution in [1.29, 1.82) is 0 Å². The van der Waals surface area contributed by atoms with Crippen molar-refractivity contribution in [3.63, 3.8) is 0 Å². The van der Waals surface area contributed by atoms with Crippen LogP contribution < -0.4 is 10.2 Å². The SMILES string of the molecule is Clc1occc1-c1nc(N2CCCNCC2)n[nH]1. The standard InChI is InChI=1S/C11H14ClN5O/c12-9-8(2-7-18-9)10-14-11(16-15-10)17-5-1-3-13-4-6-17/h2,7,13H,1,3-6H2,(H,14,15,16). The molecule has 0 saturated carbocycles. The second kappa shape index (κ2) is 4.99. The molecular weight excluding hydrogens is 254 g/mol. The average Bonchev–Trinajstić information content (AvgIpc) is 2.91. The highest BCUT2D eigenvalue weighted by molar-refractivity contribution is 6.31. The lowest BCUT2D eigenvalue weighted by Gasteiger charge is -2.16. The minimum Gasteiger partial charge on any atom is -0.452 e. The highest BCUT2D eigenvalue weighted by Crippen LogP contribution is 2.26. The van der Waals surface area contributed by atoms with E-state index in [-0.39, 0.29) is 0 Å². The molecule has 2 aromatic heterocycles. The van der Waals surface area contributed by atoms with Gasteiger partial charge in [-0.2, -0.15) is 4.98 Å². The lowest BCUT2D eigenvalue weighted by Crippen LogP contribution is -2.28. The number of H-pyrrole nitrogens is 1. The number of halogens is 1. The molecule has 18 heavy (non-hydrogen) atoms. The van der Waals surface area contributed by atoms with Gasteiger partial charge in [-0.1, -0.05) is 0 Å². The maximum atomic E-state index is 5.92. The fraction of sp³-hybridized carbons (Fsp3) is 0.455. The third kappa shape index (κ3) is 2.21. The van der Waals surface area contributed by atoms with Gasteiger partial charge in [-0.15, -0.1) is 5.10 Å². The number of hydrogen-bond donors (Lipinski definition) is 2. The molecule has 0 aliphatic carbocycles. The lowest BCUT2D eigenvalue weighted by molar-refractivity contribution is 0.570. The van der Waals surface area contributed by atoms with E-state index in [4.69, 9.17) is 16.0 Å². The fourth-order valence-corrected chi connectivity index (χ4v) is 2.23. The van der Waals surface area contributed by atoms with Gasteiger partial charge in [0.05, 0.1) is 11.8 Å². The maximum absolute atomic E-state index is 5.92. The van der Waals surface area contributed by atoms with Crippen LogP contribution in [0.25, 0.3) is 11.4 Å². The molecule has 1 aliphatic rings. The number of rotatable bonds is 2. The average molecular weight is 268 g/mol. The number of aromatic amines is 1. The predicted octanol–water partition coefficient (Wildman–Crippen LogP) is 1.52. The van der Waals surface area contributed by atoms with Gasteiger partial charge in [-0.05, 0) is 30.6 Å². The summed E-state index contributed by atoms with van der Waals surface area (Å²) >= 11 is 5.92. The number of aromatic nitrogens is 3. The number of nitrogens with one attached hydrogen (secondary N) is 2. The Kier molecular flexibility index (Phi) is 3.21. The van der Waals surface area contributed by atoms with Crippen LogP contribution in [0, 0.1) is 0 Å². The molecular formula is C11H14ClN5O. The molecule has 0 radical (unpaired) electrons. The van der Waals surface area contributed by atoms with Crippen LogP contribution in [-0.4, -0.2) is 41.4 Å². The Morgan fingerprint density at radius 3 is 3.11 bits per heavy atom. The summed E-state index contributed by atoms with van der Waals surface area (Å²) in [5.41, 5.74) is 0.739. The number of furan rings is 1. The molecule has 1 fully saturated rings. The molecule has 3 heterocycles. The molecule has 0 amide bonds. The molecule has 0 spiro atoms. The molecule has 2 aromatic rings. The highest BCUT2D eigenvalue weighted by atomic mass is 35.5. The molecule has 3 rings (SSSR count). The topological polar surface area (TPSA) is 70.0 Å². The second-order valence-corrected chi connectivity index (χ2v) is 4.53. The van der Waals surface area contributed by atoms with Crippen molar-refractivity contribution in [2.24, 2.45) is 0 Å². The zero-order valence-electron chi connectivity index (χ0n) is 9.82. The Hall–Kier alpha value is -1.53. The van der Waals surface area contributed by atoms with Crippen LogP contribution in [0.4, 0.5) is 5.95 Å². The largest absolute Gasteiger partial charge is 0.452 e. The first-order valence-electron chi connectivity index (χ1n) is 5.96. The van der Waals surface area contributed by atoms with E-state index in [0.717, 1.165) is 38.2 Å². The molecule has 6 nitrogen and oxygen atoms in total. The summed E-state index contributed by atoms with van der Waals surface area (Å²) in [5.74, 6) is 1.35. The molecule has 1 aliphatic heterocycles. The van der Waals surface area contributed by atoms with Crippen molar-refractivity contribution in [3.05, 3.63) is 17.5 Å². The Labute approximate surface area is 109 Å². The molecule has 0 atom stereocenters. The molecule has 0 unspecified atom stereocenters. The van der Waals surface area contributed by atoms with Gasteiger partial charge in [-0.25, -0.2) is 0 Å². The monoisotopic (exact) mass is 267 g/mol. The van der Waals surface area contributed by atoms with Crippen LogP contribution in [0.2, 0.25) is 5.22 Å². The van der Waals surface area contributed by atoms with Crippen LogP contribution in [0.3, 0.4) is 0 Å². The van der Waals surface area contributed by atoms with Crippen molar-refractivity contribution in [3.8, 4) is 11.4 Å². The summed E-state index contributed by atoms with van der Waals surface area (Å²) in [6.07, 6.45) is 2.63. The van der Waals surface area contributed by atoms with Crippen LogP contribution >= 0.6 is 11.6 Å². The van der Waals surface area contributed by atoms with Crippen LogP contribution in [0.1, 0.15) is 6.42 Å². The minimum atomic E-state index is 0.329. The lowest BCUT2D eigenvalue weighted by atomic mass is 10.3. The molecule has 7 heteroatoms. The summed E-state index contributed by atoms with van der Waals surface area (Å²) < 4.78 is 5.05. The Balaban J connectivity index is 1.82. The van der Waals surface area contributed by atoms with Crippen molar-refractivity contribution >= 4 is 17.5 Å². The van der Waals surface area contributed by atoms with Gasteiger partial charge >= 0.3 is 0 Å². The third-order valence-corrected chi connectivity index (χ3v) is 3.26. The summed E-state index contributed by atoms with van der Waals surface area (Å²) in [6, 6.07) is 1.77. The van der Waals surface area contributed by atoms with Gasteiger partial charge in [0.2, 0.25) is 11.2 Å². The Bertz CT molecular complexity index is 515. The summed E-state index contributed by atoms with van der Waals surface area (Å²) in [7, 11) is 0. The predicted molar refractivity (Wildman–Crippen MR) is 68.8 cm³/mol. The van der Waals surface area contributed by atoms with E-state index in [1.807, 2.05) is 0 Å². The van der Waals surface area contributed by atoms with E-state index >= 15 is 0 Å². The van der Waals surface area contributed by atoms with Gasteiger partial charge in [0.1, 0.15) is 0 Å². The summed E-state index contributed by atoms with van der Waals surface area (Å²) in [4.78, 5) is 6.63. The minimum absolute atomic E-state index is 0.329. The smallest absolute Gasteiger partial charge is 0.245 e. The van der Waals surface area contributed by atoms with E-state index < -0.39 is 0 Å². The Morgan fingerprint density at radius 2 is 2.28 bits per heavy atom. The van der Waals surface area contributed by atoms with E-state index in [0.29, 0.717) is 17.0 Å². The fourth-order valence-electron chi connectivity index (χ4n) is 2.02. The summed E-state index contributed by atoms with van der Waals surface area (Å²) in [6.45, 7) is 3.87. The number of hydrogen-bond acceptors (Lipinski definition) is 5. The zero-order chi connectivity index (χ0) is 12.4. The van der Waals surface area contributed by atoms with Crippen LogP contribution in [0.15, 0.2) is 16.7 Å². The van der Waals surface area contributed by atoms with Crippen LogP contribution in [0.5, 0.6) is 0 Å². The van der Waals surface area contributed by atoms with Crippen molar-refractivity contribution in [2.45, 2.75) is 6.42 Å². The van der Waals surface area contributed by atoms with E-state index in [1.54, 1.807) is 6.07 Å². The second-order valence-electron chi connectivity index (χ2n) is 4.18. The van der Waals surface area contributed by atoms with Crippen LogP contribution in [-0.2, 0) is 0 Å². The highest BCUT2D eigenvalue weighted by Gasteiger charge is 2.16. The number of anilines is 1.